The number of hydrogen-bond donors (Lipinski definition) is 0. The van der Waals surface area contributed by atoms with Crippen molar-refractivity contribution < 1.29 is 0 Å². The maximum absolute atomic E-state index is 5.99. The average Bonchev–Trinajstić information content (AvgIpc) is 1.51. The Kier molecular flexibility index (Phi) is 1.35. The molecule has 3 rings (SSSR count). The lowest BCUT2D eigenvalue weighted by atomic mass is 9.44. The third kappa shape index (κ3) is 0.769. The molecule has 0 aromatic heterocycles. The summed E-state index contributed by atoms with van der Waals surface area (Å²) in [7, 11) is 0. The molecule has 3 saturated carbocycles. The number of halogens is 4. The highest BCUT2D eigenvalue weighted by molar-refractivity contribution is 6.68. The van der Waals surface area contributed by atoms with Crippen LogP contribution in [0.2, 0.25) is 0 Å². The Morgan fingerprint density at radius 3 is 1.50 bits per heavy atom. The van der Waals surface area contributed by atoms with E-state index in [1.54, 1.807) is 0 Å². The van der Waals surface area contributed by atoms with Crippen LogP contribution in [0.1, 0.15) is 19.3 Å². The molecule has 0 saturated heterocycles. The van der Waals surface area contributed by atoms with Crippen LogP contribution in [0.15, 0.2) is 0 Å². The van der Waals surface area contributed by atoms with Crippen LogP contribution in [0.3, 0.4) is 0 Å². The van der Waals surface area contributed by atoms with Crippen molar-refractivity contribution in [3.63, 3.8) is 0 Å². The van der Waals surface area contributed by atoms with Gasteiger partial charge < -0.3 is 0 Å². The number of alkyl halides is 4. The second kappa shape index (κ2) is 1.74. The summed E-state index contributed by atoms with van der Waals surface area (Å²) in [5, 5.41) is 0. The topological polar surface area (TPSA) is 0 Å². The van der Waals surface area contributed by atoms with Crippen LogP contribution in [0.25, 0.3) is 0 Å². The van der Waals surface area contributed by atoms with Gasteiger partial charge in [-0.15, -0.1) is 11.6 Å². The Morgan fingerprint density at radius 1 is 1.00 bits per heavy atom. The van der Waals surface area contributed by atoms with Crippen molar-refractivity contribution in [2.45, 2.75) is 27.9 Å². The molecular weight excluding hydrogens is 214 g/mol. The fraction of sp³-hybridized carbons (Fsp3) is 1.00. The highest BCUT2D eigenvalue weighted by Crippen LogP contribution is 2.77. The summed E-state index contributed by atoms with van der Waals surface area (Å²) in [6.07, 6.45) is 2.62. The van der Waals surface area contributed by atoms with Crippen molar-refractivity contribution in [2.75, 3.05) is 0 Å². The normalized spacial score (nSPS) is 51.6. The summed E-state index contributed by atoms with van der Waals surface area (Å²) in [6.45, 7) is 0. The summed E-state index contributed by atoms with van der Waals surface area (Å²) in [6, 6.07) is 0. The molecule has 0 aliphatic heterocycles. The van der Waals surface area contributed by atoms with Gasteiger partial charge >= 0.3 is 0 Å². The largest absolute Gasteiger partial charge is 0.196 e. The van der Waals surface area contributed by atoms with Crippen LogP contribution in [-0.2, 0) is 0 Å². The maximum Gasteiger partial charge on any atom is 0.196 e. The van der Waals surface area contributed by atoms with Gasteiger partial charge in [-0.25, -0.2) is 0 Å². The smallest absolute Gasteiger partial charge is 0.119 e. The van der Waals surface area contributed by atoms with Crippen LogP contribution in [0.4, 0.5) is 0 Å². The van der Waals surface area contributed by atoms with Crippen molar-refractivity contribution in [2.24, 2.45) is 5.41 Å². The average molecular weight is 220 g/mol. The monoisotopic (exact) mass is 218 g/mol. The molecule has 0 heterocycles. The van der Waals surface area contributed by atoms with Gasteiger partial charge in [-0.1, -0.05) is 34.8 Å². The highest BCUT2D eigenvalue weighted by atomic mass is 35.6. The van der Waals surface area contributed by atoms with Gasteiger partial charge in [0.1, 0.15) is 0 Å². The zero-order valence-corrected chi connectivity index (χ0v) is 8.16. The Morgan fingerprint density at radius 2 is 1.40 bits per heavy atom. The second-order valence-corrected chi connectivity index (χ2v) is 6.54. The molecule has 0 N–H and O–H groups in total. The van der Waals surface area contributed by atoms with E-state index in [9.17, 15) is 0 Å². The van der Waals surface area contributed by atoms with Crippen molar-refractivity contribution in [1.29, 1.82) is 0 Å². The molecule has 58 valence electrons. The van der Waals surface area contributed by atoms with Crippen LogP contribution in [0.5, 0.6) is 0 Å². The first-order chi connectivity index (χ1) is 4.37. The van der Waals surface area contributed by atoms with Gasteiger partial charge in [-0.3, -0.25) is 0 Å². The van der Waals surface area contributed by atoms with Crippen molar-refractivity contribution >= 4 is 46.4 Å². The van der Waals surface area contributed by atoms with Gasteiger partial charge in [0, 0.05) is 10.3 Å². The molecule has 3 fully saturated rings. The molecule has 3 aliphatic carbocycles. The second-order valence-electron chi connectivity index (χ2n) is 3.46. The van der Waals surface area contributed by atoms with Gasteiger partial charge in [0.05, 0.1) is 0 Å². The number of hydrogen-bond acceptors (Lipinski definition) is 0. The molecule has 0 aromatic carbocycles. The molecular formula is C6H6Cl4. The zero-order valence-electron chi connectivity index (χ0n) is 5.13. The lowest BCUT2D eigenvalue weighted by Gasteiger charge is -2.69. The quantitative estimate of drug-likeness (QED) is 0.547. The van der Waals surface area contributed by atoms with Gasteiger partial charge in [-0.2, -0.15) is 0 Å². The van der Waals surface area contributed by atoms with Gasteiger partial charge in [0.15, 0.2) is 3.79 Å². The molecule has 0 atom stereocenters. The highest BCUT2D eigenvalue weighted by Gasteiger charge is 2.74. The van der Waals surface area contributed by atoms with E-state index in [4.69, 9.17) is 46.4 Å². The van der Waals surface area contributed by atoms with Crippen molar-refractivity contribution in [1.82, 2.24) is 0 Å². The molecule has 0 unspecified atom stereocenters. The molecule has 10 heavy (non-hydrogen) atoms. The standard InChI is InChI=1S/C6H6Cl4/c7-5-1-4(2-5,3-5)6(8,9)10/h1-3H2. The fourth-order valence-electron chi connectivity index (χ4n) is 1.96. The zero-order chi connectivity index (χ0) is 7.62. The van der Waals surface area contributed by atoms with E-state index in [0.29, 0.717) is 0 Å². The first-order valence-electron chi connectivity index (χ1n) is 3.13. The van der Waals surface area contributed by atoms with Crippen molar-refractivity contribution in [3.05, 3.63) is 0 Å². The predicted octanol–water partition coefficient (Wildman–Crippen LogP) is 3.52. The first kappa shape index (κ1) is 7.79. The third-order valence-corrected chi connectivity index (χ3v) is 4.17. The molecule has 4 heteroatoms. The lowest BCUT2D eigenvalue weighted by Crippen LogP contribution is -2.68. The lowest BCUT2D eigenvalue weighted by molar-refractivity contribution is -0.0761. The van der Waals surface area contributed by atoms with Crippen LogP contribution >= 0.6 is 46.4 Å². The molecule has 0 nitrogen and oxygen atoms in total. The Hall–Kier alpha value is 1.16. The minimum Gasteiger partial charge on any atom is -0.119 e. The molecule has 0 amide bonds. The molecule has 0 aromatic rings. The minimum atomic E-state index is -1.09. The predicted molar refractivity (Wildman–Crippen MR) is 45.2 cm³/mol. The van der Waals surface area contributed by atoms with E-state index in [0.717, 1.165) is 19.3 Å². The molecule has 2 bridgehead atoms. The molecule has 3 aliphatic rings. The number of rotatable bonds is 0. The van der Waals surface area contributed by atoms with Gasteiger partial charge in [0.2, 0.25) is 0 Å². The Labute approximate surface area is 79.8 Å². The van der Waals surface area contributed by atoms with E-state index in [1.807, 2.05) is 0 Å². The summed E-state index contributed by atoms with van der Waals surface area (Å²) < 4.78 is -1.09. The summed E-state index contributed by atoms with van der Waals surface area (Å²) >= 11 is 23.2. The van der Waals surface area contributed by atoms with Crippen LogP contribution < -0.4 is 0 Å². The fourth-order valence-corrected chi connectivity index (χ4v) is 3.33. The minimum absolute atomic E-state index is 0.00389. The third-order valence-electron chi connectivity index (χ3n) is 2.57. The summed E-state index contributed by atoms with van der Waals surface area (Å²) in [4.78, 5) is 0.00389. The van der Waals surface area contributed by atoms with E-state index in [2.05, 4.69) is 0 Å². The Bertz CT molecular complexity index is 161. The van der Waals surface area contributed by atoms with Gasteiger partial charge in [0.25, 0.3) is 0 Å². The van der Waals surface area contributed by atoms with Gasteiger partial charge in [-0.05, 0) is 19.3 Å². The van der Waals surface area contributed by atoms with Crippen molar-refractivity contribution in [3.8, 4) is 0 Å². The van der Waals surface area contributed by atoms with E-state index < -0.39 is 3.79 Å². The summed E-state index contributed by atoms with van der Waals surface area (Å²) in [5.41, 5.74) is -0.0700. The Balaban J connectivity index is 2.11. The van der Waals surface area contributed by atoms with Crippen LogP contribution in [-0.4, -0.2) is 8.67 Å². The van der Waals surface area contributed by atoms with E-state index in [1.165, 1.54) is 0 Å². The maximum atomic E-state index is 5.99. The van der Waals surface area contributed by atoms with E-state index in [-0.39, 0.29) is 10.3 Å². The SMILES string of the molecule is ClC12CC(C(Cl)(Cl)Cl)(C1)C2. The van der Waals surface area contributed by atoms with Crippen LogP contribution in [0, 0.1) is 5.41 Å². The molecule has 0 spiro atoms. The van der Waals surface area contributed by atoms with E-state index >= 15 is 0 Å². The first-order valence-corrected chi connectivity index (χ1v) is 4.64. The molecule has 0 radical (unpaired) electrons. The summed E-state index contributed by atoms with van der Waals surface area (Å²) in [5.74, 6) is 0.